The minimum absolute atomic E-state index is 0.169. The van der Waals surface area contributed by atoms with Gasteiger partial charge in [0.1, 0.15) is 13.9 Å². The predicted molar refractivity (Wildman–Crippen MR) is 127 cm³/mol. The number of carbonyl (C=O) groups is 1. The largest absolute Gasteiger partial charge is 0.324 e. The van der Waals surface area contributed by atoms with Crippen LogP contribution in [0.15, 0.2) is 70.5 Å². The number of fused-ring (bicyclic) bond motifs is 2. The number of aromatic amines is 2. The number of benzene rings is 3. The van der Waals surface area contributed by atoms with Crippen LogP contribution in [-0.4, -0.2) is 35.5 Å². The summed E-state index contributed by atoms with van der Waals surface area (Å²) in [6.45, 7) is 0. The molecule has 1 aliphatic heterocycles. The van der Waals surface area contributed by atoms with Crippen LogP contribution in [0.5, 0.6) is 0 Å². The molecule has 1 unspecified atom stereocenters. The average Bonchev–Trinajstić information content (AvgIpc) is 3.06. The average molecular weight is 429 g/mol. The van der Waals surface area contributed by atoms with Gasteiger partial charge in [-0.3, -0.25) is 9.79 Å². The summed E-state index contributed by atoms with van der Waals surface area (Å²) < 4.78 is 0. The van der Waals surface area contributed by atoms with Crippen molar-refractivity contribution in [1.82, 2.24) is 9.97 Å². The minimum atomic E-state index is -0.608. The first-order valence-corrected chi connectivity index (χ1v) is 10.3. The fraction of sp³-hybridized carbons (Fsp3) is 0.0870. The van der Waals surface area contributed by atoms with E-state index in [2.05, 4.69) is 15.3 Å². The van der Waals surface area contributed by atoms with Gasteiger partial charge in [-0.2, -0.15) is 0 Å². The van der Waals surface area contributed by atoms with E-state index in [4.69, 9.17) is 16.6 Å². The van der Waals surface area contributed by atoms with Crippen LogP contribution in [0, 0.1) is 0 Å². The van der Waals surface area contributed by atoms with Crippen molar-refractivity contribution in [2.75, 3.05) is 5.32 Å². The Morgan fingerprint density at radius 3 is 2.61 bits per heavy atom. The fourth-order valence-electron chi connectivity index (χ4n) is 3.92. The molecule has 5 rings (SSSR count). The van der Waals surface area contributed by atoms with E-state index in [1.807, 2.05) is 50.3 Å². The molecule has 1 aromatic heterocycles. The molecule has 3 aromatic carbocycles. The Bertz CT molecular complexity index is 1420. The second-order valence-corrected chi connectivity index (χ2v) is 8.08. The zero-order valence-electron chi connectivity index (χ0n) is 16.7. The molecule has 1 atom stereocenters. The maximum Gasteiger partial charge on any atom is 0.323 e. The zero-order valence-corrected chi connectivity index (χ0v) is 17.5. The number of nitrogens with one attached hydrogen (secondary N) is 3. The Morgan fingerprint density at radius 1 is 0.968 bits per heavy atom. The van der Waals surface area contributed by atoms with Crippen molar-refractivity contribution in [2.24, 2.45) is 4.99 Å². The Labute approximate surface area is 183 Å². The molecule has 3 N–H and O–H groups in total. The van der Waals surface area contributed by atoms with Crippen LogP contribution in [0.1, 0.15) is 16.7 Å². The van der Waals surface area contributed by atoms with Gasteiger partial charge in [-0.1, -0.05) is 53.0 Å². The molecule has 0 bridgehead atoms. The van der Waals surface area contributed by atoms with E-state index in [1.54, 1.807) is 18.2 Å². The van der Waals surface area contributed by atoms with Crippen LogP contribution in [0.3, 0.4) is 0 Å². The molecule has 4 aromatic rings. The van der Waals surface area contributed by atoms with Crippen molar-refractivity contribution in [1.29, 1.82) is 0 Å². The van der Waals surface area contributed by atoms with Crippen LogP contribution in [0.2, 0.25) is 5.02 Å². The van der Waals surface area contributed by atoms with Gasteiger partial charge in [0, 0.05) is 22.6 Å². The number of imidazole rings is 1. The molecule has 0 saturated heterocycles. The van der Waals surface area contributed by atoms with Gasteiger partial charge in [0.05, 0.1) is 22.4 Å². The number of nitrogens with zero attached hydrogens (tertiary/aromatic N) is 1. The molecule has 8 heteroatoms. The lowest BCUT2D eigenvalue weighted by Gasteiger charge is -2.13. The van der Waals surface area contributed by atoms with Crippen LogP contribution in [-0.2, 0) is 11.2 Å². The summed E-state index contributed by atoms with van der Waals surface area (Å²) in [5.74, 6) is -0.169. The lowest BCUT2D eigenvalue weighted by atomic mass is 9.87. The molecule has 0 fully saturated rings. The molecular weight excluding hydrogens is 411 g/mol. The fourth-order valence-corrected chi connectivity index (χ4v) is 4.09. The summed E-state index contributed by atoms with van der Waals surface area (Å²) in [5, 5.41) is 3.55. The van der Waals surface area contributed by atoms with E-state index in [-0.39, 0.29) is 11.6 Å². The minimum Gasteiger partial charge on any atom is -0.324 e. The third-order valence-electron chi connectivity index (χ3n) is 5.55. The first kappa shape index (κ1) is 19.4. The highest BCUT2D eigenvalue weighted by Crippen LogP contribution is 2.28. The summed E-state index contributed by atoms with van der Waals surface area (Å²) >= 11 is 6.28. The predicted octanol–water partition coefficient (Wildman–Crippen LogP) is 2.17. The van der Waals surface area contributed by atoms with Crippen molar-refractivity contribution in [3.63, 3.8) is 0 Å². The highest BCUT2D eigenvalue weighted by Gasteiger charge is 2.27. The molecule has 31 heavy (non-hydrogen) atoms. The molecule has 0 radical (unpaired) electrons. The quantitative estimate of drug-likeness (QED) is 0.437. The second-order valence-electron chi connectivity index (χ2n) is 7.64. The number of carbonyl (C=O) groups excluding carboxylic acids is 1. The van der Waals surface area contributed by atoms with Gasteiger partial charge in [0.2, 0.25) is 5.91 Å². The first-order chi connectivity index (χ1) is 15.0. The van der Waals surface area contributed by atoms with Gasteiger partial charge < -0.3 is 15.3 Å². The number of hydrogen-bond acceptors (Lipinski definition) is 3. The third-order valence-corrected chi connectivity index (χ3v) is 5.78. The normalized spacial score (nSPS) is 15.8. The van der Waals surface area contributed by atoms with Crippen LogP contribution >= 0.6 is 11.6 Å². The highest BCUT2D eigenvalue weighted by molar-refractivity contribution is 6.33. The maximum atomic E-state index is 13.1. The summed E-state index contributed by atoms with van der Waals surface area (Å²) in [6.07, 6.45) is 0.479. The van der Waals surface area contributed by atoms with Crippen LogP contribution in [0.25, 0.3) is 11.0 Å². The Hall–Kier alpha value is -3.58. The van der Waals surface area contributed by atoms with Gasteiger partial charge in [0.15, 0.2) is 0 Å². The number of benzodiazepines with no additional fused rings is 1. The topological polar surface area (TPSA) is 90.1 Å². The SMILES string of the molecule is Bc1ccccc1CC1N=C(c2ccc3[nH]c(=O)[nH]c3c2)c2cc(Cl)ccc2NC1=O. The standard InChI is InChI=1S/C23H18BClN4O2/c24-16-4-2-1-3-12(16)9-20-22(30)27-17-8-6-14(25)11-15(17)21(26-20)13-5-7-18-19(10-13)29-23(31)28-18/h1-8,10-11,20H,9,24H2,(H,27,30)(H2,28,29,31). The number of hydrogen-bond donors (Lipinski definition) is 3. The molecule has 0 spiro atoms. The van der Waals surface area contributed by atoms with E-state index in [0.717, 1.165) is 22.2 Å². The molecule has 1 aliphatic rings. The summed E-state index contributed by atoms with van der Waals surface area (Å²) in [5.41, 5.74) is 6.13. The first-order valence-electron chi connectivity index (χ1n) is 9.93. The molecule has 2 heterocycles. The Morgan fingerprint density at radius 2 is 1.77 bits per heavy atom. The van der Waals surface area contributed by atoms with E-state index in [0.29, 0.717) is 33.9 Å². The van der Waals surface area contributed by atoms with Crippen molar-refractivity contribution < 1.29 is 4.79 Å². The van der Waals surface area contributed by atoms with Crippen molar-refractivity contribution >= 4 is 53.2 Å². The van der Waals surface area contributed by atoms with Gasteiger partial charge in [-0.25, -0.2) is 4.79 Å². The number of aromatic nitrogens is 2. The number of halogens is 1. The van der Waals surface area contributed by atoms with Crippen molar-refractivity contribution in [2.45, 2.75) is 12.5 Å². The maximum absolute atomic E-state index is 13.1. The molecule has 1 amide bonds. The summed E-state index contributed by atoms with van der Waals surface area (Å²) in [6, 6.07) is 18.3. The van der Waals surface area contributed by atoms with E-state index >= 15 is 0 Å². The molecule has 6 nitrogen and oxygen atoms in total. The smallest absolute Gasteiger partial charge is 0.323 e. The Balaban J connectivity index is 1.67. The van der Waals surface area contributed by atoms with E-state index in [1.165, 1.54) is 0 Å². The number of aliphatic imine (C=N–C) groups is 1. The number of anilines is 1. The monoisotopic (exact) mass is 428 g/mol. The lowest BCUT2D eigenvalue weighted by Crippen LogP contribution is -2.29. The third kappa shape index (κ3) is 3.68. The van der Waals surface area contributed by atoms with Gasteiger partial charge in [-0.05, 0) is 30.3 Å². The van der Waals surface area contributed by atoms with Crippen LogP contribution in [0.4, 0.5) is 5.69 Å². The zero-order chi connectivity index (χ0) is 21.5. The number of rotatable bonds is 3. The van der Waals surface area contributed by atoms with E-state index < -0.39 is 6.04 Å². The Kier molecular flexibility index (Phi) is 4.75. The number of H-pyrrole nitrogens is 2. The van der Waals surface area contributed by atoms with Crippen molar-refractivity contribution in [3.8, 4) is 0 Å². The lowest BCUT2D eigenvalue weighted by molar-refractivity contribution is -0.117. The molecule has 152 valence electrons. The summed E-state index contributed by atoms with van der Waals surface area (Å²) in [7, 11) is 2.03. The second kappa shape index (κ2) is 7.59. The van der Waals surface area contributed by atoms with Crippen LogP contribution < -0.4 is 16.5 Å². The molecule has 0 saturated carbocycles. The van der Waals surface area contributed by atoms with Gasteiger partial charge in [0.25, 0.3) is 0 Å². The highest BCUT2D eigenvalue weighted by atomic mass is 35.5. The number of amides is 1. The van der Waals surface area contributed by atoms with E-state index in [9.17, 15) is 9.59 Å². The van der Waals surface area contributed by atoms with Gasteiger partial charge >= 0.3 is 5.69 Å². The van der Waals surface area contributed by atoms with Gasteiger partial charge in [-0.15, -0.1) is 0 Å². The summed E-state index contributed by atoms with van der Waals surface area (Å²) in [4.78, 5) is 35.2. The molecule has 0 aliphatic carbocycles. The van der Waals surface area contributed by atoms with Crippen molar-refractivity contribution in [3.05, 3.63) is 92.9 Å². The molecular formula is C23H18BClN4O2.